The SMILES string of the molecule is CCOC(=O)c1oc(C)c(CP(=O)(OCC)OCC)c1Cc1c(C)[nH][nH]c1=O. The van der Waals surface area contributed by atoms with E-state index in [9.17, 15) is 14.2 Å². The van der Waals surface area contributed by atoms with Crippen LogP contribution in [0, 0.1) is 13.8 Å². The number of carbonyl (C=O) groups excluding carboxylic acids is 1. The summed E-state index contributed by atoms with van der Waals surface area (Å²) in [5.41, 5.74) is 1.77. The van der Waals surface area contributed by atoms with Gasteiger partial charge in [-0.25, -0.2) is 4.79 Å². The molecule has 0 aromatic carbocycles. The molecule has 0 fully saturated rings. The summed E-state index contributed by atoms with van der Waals surface area (Å²) in [5.74, 6) is -0.240. The van der Waals surface area contributed by atoms with E-state index in [1.165, 1.54) is 0 Å². The first kappa shape index (κ1) is 22.2. The van der Waals surface area contributed by atoms with Crippen LogP contribution in [0.25, 0.3) is 0 Å². The molecule has 0 aliphatic rings. The van der Waals surface area contributed by atoms with Crippen LogP contribution < -0.4 is 5.56 Å². The molecule has 0 atom stereocenters. The van der Waals surface area contributed by atoms with Crippen molar-refractivity contribution in [2.75, 3.05) is 19.8 Å². The second kappa shape index (κ2) is 9.41. The summed E-state index contributed by atoms with van der Waals surface area (Å²) >= 11 is 0. The molecule has 28 heavy (non-hydrogen) atoms. The smallest absolute Gasteiger partial charge is 0.374 e. The number of aromatic amines is 2. The highest BCUT2D eigenvalue weighted by molar-refractivity contribution is 7.53. The van der Waals surface area contributed by atoms with E-state index in [4.69, 9.17) is 18.2 Å². The van der Waals surface area contributed by atoms with Crippen LogP contribution in [0.4, 0.5) is 0 Å². The maximum atomic E-state index is 13.1. The van der Waals surface area contributed by atoms with Gasteiger partial charge in [0.2, 0.25) is 5.76 Å². The molecule has 2 aromatic heterocycles. The van der Waals surface area contributed by atoms with Crippen molar-refractivity contribution >= 4 is 13.6 Å². The van der Waals surface area contributed by atoms with Crippen molar-refractivity contribution in [3.05, 3.63) is 44.3 Å². The van der Waals surface area contributed by atoms with Gasteiger partial charge in [-0.05, 0) is 34.6 Å². The Labute approximate surface area is 163 Å². The molecule has 0 saturated heterocycles. The highest BCUT2D eigenvalue weighted by atomic mass is 31.2. The zero-order valence-corrected chi connectivity index (χ0v) is 17.7. The average molecular weight is 414 g/mol. The normalized spacial score (nSPS) is 11.8. The van der Waals surface area contributed by atoms with Crippen LogP contribution in [0.15, 0.2) is 9.21 Å². The van der Waals surface area contributed by atoms with E-state index in [-0.39, 0.29) is 43.7 Å². The molecule has 2 rings (SSSR count). The number of carbonyl (C=O) groups is 1. The minimum Gasteiger partial charge on any atom is -0.460 e. The first-order chi connectivity index (χ1) is 13.3. The molecule has 2 heterocycles. The van der Waals surface area contributed by atoms with Crippen LogP contribution in [0.3, 0.4) is 0 Å². The Hall–Kier alpha value is -2.09. The zero-order chi connectivity index (χ0) is 20.9. The lowest BCUT2D eigenvalue weighted by Crippen LogP contribution is -2.12. The van der Waals surface area contributed by atoms with Gasteiger partial charge < -0.3 is 23.3 Å². The third-order valence-electron chi connectivity index (χ3n) is 4.23. The van der Waals surface area contributed by atoms with Crippen molar-refractivity contribution in [3.8, 4) is 0 Å². The summed E-state index contributed by atoms with van der Waals surface area (Å²) in [7, 11) is -3.45. The lowest BCUT2D eigenvalue weighted by atomic mass is 10.0. The number of esters is 1. The van der Waals surface area contributed by atoms with Gasteiger partial charge in [0, 0.05) is 28.8 Å². The molecular formula is C18H27N2O7P. The standard InChI is InChI=1S/C18H27N2O7P/c1-6-24-18(22)16-14(9-13-11(4)19-20-17(13)21)15(12(5)27-16)10-28(23,25-7-2)26-8-3/h6-10H2,1-5H3,(H2,19,20,21). The fourth-order valence-electron chi connectivity index (χ4n) is 2.96. The van der Waals surface area contributed by atoms with E-state index in [2.05, 4.69) is 10.2 Å². The topological polar surface area (TPSA) is 124 Å². The third-order valence-corrected chi connectivity index (χ3v) is 6.23. The molecule has 0 bridgehead atoms. The van der Waals surface area contributed by atoms with Crippen LogP contribution in [0.2, 0.25) is 0 Å². The Kier molecular flexibility index (Phi) is 7.46. The molecule has 2 N–H and O–H groups in total. The van der Waals surface area contributed by atoms with Crippen LogP contribution in [-0.4, -0.2) is 36.0 Å². The van der Waals surface area contributed by atoms with E-state index in [0.29, 0.717) is 28.1 Å². The first-order valence-corrected chi connectivity index (χ1v) is 10.9. The highest BCUT2D eigenvalue weighted by Gasteiger charge is 2.32. The fourth-order valence-corrected chi connectivity index (χ4v) is 4.80. The molecule has 0 radical (unpaired) electrons. The number of H-pyrrole nitrogens is 2. The Balaban J connectivity index is 2.56. The molecule has 2 aromatic rings. The minimum atomic E-state index is -3.45. The molecule has 9 nitrogen and oxygen atoms in total. The van der Waals surface area contributed by atoms with Crippen molar-refractivity contribution in [2.45, 2.75) is 47.2 Å². The van der Waals surface area contributed by atoms with Gasteiger partial charge in [0.05, 0.1) is 26.0 Å². The van der Waals surface area contributed by atoms with Gasteiger partial charge in [0.15, 0.2) is 0 Å². The monoisotopic (exact) mass is 414 g/mol. The van der Waals surface area contributed by atoms with Crippen LogP contribution in [0.1, 0.15) is 59.5 Å². The van der Waals surface area contributed by atoms with Gasteiger partial charge in [-0.2, -0.15) is 0 Å². The maximum absolute atomic E-state index is 13.1. The number of hydrogen-bond acceptors (Lipinski definition) is 7. The highest BCUT2D eigenvalue weighted by Crippen LogP contribution is 2.52. The summed E-state index contributed by atoms with van der Waals surface area (Å²) < 4.78 is 34.6. The van der Waals surface area contributed by atoms with Crippen molar-refractivity contribution in [2.24, 2.45) is 0 Å². The molecule has 156 valence electrons. The predicted molar refractivity (Wildman–Crippen MR) is 103 cm³/mol. The third kappa shape index (κ3) is 4.84. The van der Waals surface area contributed by atoms with Crippen molar-refractivity contribution in [1.29, 1.82) is 0 Å². The molecule has 0 saturated carbocycles. The van der Waals surface area contributed by atoms with Gasteiger partial charge in [-0.3, -0.25) is 14.5 Å². The Morgan fingerprint density at radius 2 is 1.64 bits per heavy atom. The van der Waals surface area contributed by atoms with Gasteiger partial charge in [0.25, 0.3) is 5.56 Å². The summed E-state index contributed by atoms with van der Waals surface area (Å²) in [6, 6.07) is 0. The van der Waals surface area contributed by atoms with E-state index < -0.39 is 13.6 Å². The molecule has 0 unspecified atom stereocenters. The number of aromatic nitrogens is 2. The lowest BCUT2D eigenvalue weighted by molar-refractivity contribution is 0.0487. The largest absolute Gasteiger partial charge is 0.460 e. The number of rotatable bonds is 10. The minimum absolute atomic E-state index is 0.00565. The van der Waals surface area contributed by atoms with E-state index >= 15 is 0 Å². The number of aryl methyl sites for hydroxylation is 2. The van der Waals surface area contributed by atoms with Crippen LogP contribution >= 0.6 is 7.60 Å². The Morgan fingerprint density at radius 1 is 1.00 bits per heavy atom. The molecular weight excluding hydrogens is 387 g/mol. The van der Waals surface area contributed by atoms with Crippen LogP contribution in [-0.2, 0) is 30.9 Å². The number of ether oxygens (including phenoxy) is 1. The second-order valence-corrected chi connectivity index (χ2v) is 8.18. The summed E-state index contributed by atoms with van der Waals surface area (Å²) in [5, 5.41) is 5.27. The van der Waals surface area contributed by atoms with Crippen molar-refractivity contribution in [1.82, 2.24) is 10.2 Å². The number of hydrogen-bond donors (Lipinski definition) is 2. The predicted octanol–water partition coefficient (Wildman–Crippen LogP) is 3.45. The van der Waals surface area contributed by atoms with Gasteiger partial charge in [0.1, 0.15) is 5.76 Å². The van der Waals surface area contributed by atoms with Gasteiger partial charge in [-0.15, -0.1) is 0 Å². The quantitative estimate of drug-likeness (QED) is 0.451. The van der Waals surface area contributed by atoms with Gasteiger partial charge in [-0.1, -0.05) is 0 Å². The average Bonchev–Trinajstić information content (AvgIpc) is 3.10. The number of furan rings is 1. The fraction of sp³-hybridized carbons (Fsp3) is 0.556. The maximum Gasteiger partial charge on any atom is 0.374 e. The van der Waals surface area contributed by atoms with Gasteiger partial charge >= 0.3 is 13.6 Å². The van der Waals surface area contributed by atoms with E-state index in [1.54, 1.807) is 34.6 Å². The molecule has 0 amide bonds. The molecule has 0 spiro atoms. The van der Waals surface area contributed by atoms with Crippen LogP contribution in [0.5, 0.6) is 0 Å². The van der Waals surface area contributed by atoms with E-state index in [0.717, 1.165) is 0 Å². The first-order valence-electron chi connectivity index (χ1n) is 9.18. The molecule has 0 aliphatic heterocycles. The van der Waals surface area contributed by atoms with E-state index in [1.807, 2.05) is 0 Å². The Morgan fingerprint density at radius 3 is 2.14 bits per heavy atom. The Bertz CT molecular complexity index is 915. The zero-order valence-electron chi connectivity index (χ0n) is 16.8. The summed E-state index contributed by atoms with van der Waals surface area (Å²) in [6.07, 6.45) is 0.0455. The second-order valence-electron chi connectivity index (χ2n) is 6.13. The lowest BCUT2D eigenvalue weighted by Gasteiger charge is -2.17. The summed E-state index contributed by atoms with van der Waals surface area (Å²) in [4.78, 5) is 24.5. The van der Waals surface area contributed by atoms with Crippen molar-refractivity contribution < 1.29 is 27.6 Å². The molecule has 10 heteroatoms. The van der Waals surface area contributed by atoms with Crippen molar-refractivity contribution in [3.63, 3.8) is 0 Å². The molecule has 0 aliphatic carbocycles. The summed E-state index contributed by atoms with van der Waals surface area (Å²) in [6.45, 7) is 9.15. The number of nitrogens with one attached hydrogen (secondary N) is 2.